The van der Waals surface area contributed by atoms with Crippen LogP contribution in [0.2, 0.25) is 18.1 Å². The molecule has 3 nitrogen and oxygen atoms in total. The average Bonchev–Trinajstić information content (AvgIpc) is 2.89. The van der Waals surface area contributed by atoms with Crippen LogP contribution in [0, 0.1) is 0 Å². The second-order valence-corrected chi connectivity index (χ2v) is 14.2. The second kappa shape index (κ2) is 7.49. The number of benzene rings is 1. The lowest BCUT2D eigenvalue weighted by Crippen LogP contribution is -2.51. The highest BCUT2D eigenvalue weighted by Gasteiger charge is 2.41. The molecule has 26 heavy (non-hydrogen) atoms. The zero-order chi connectivity index (χ0) is 18.9. The third kappa shape index (κ3) is 4.08. The summed E-state index contributed by atoms with van der Waals surface area (Å²) in [6, 6.07) is 11.4. The van der Waals surface area contributed by atoms with Crippen LogP contribution in [-0.4, -0.2) is 25.0 Å². The van der Waals surface area contributed by atoms with Gasteiger partial charge >= 0.3 is 0 Å². The van der Waals surface area contributed by atoms with E-state index >= 15 is 0 Å². The summed E-state index contributed by atoms with van der Waals surface area (Å²) in [5.41, 5.74) is 2.66. The van der Waals surface area contributed by atoms with Crippen LogP contribution in [0.1, 0.15) is 52.1 Å². The molecule has 0 saturated heterocycles. The first kappa shape index (κ1) is 19.7. The van der Waals surface area contributed by atoms with E-state index in [1.807, 2.05) is 0 Å². The van der Waals surface area contributed by atoms with Gasteiger partial charge in [-0.25, -0.2) is 0 Å². The topological polar surface area (TPSA) is 26.2 Å². The van der Waals surface area contributed by atoms with Crippen LogP contribution in [0.5, 0.6) is 0 Å². The van der Waals surface area contributed by atoms with Gasteiger partial charge in [0.2, 0.25) is 0 Å². The third-order valence-electron chi connectivity index (χ3n) is 6.55. The van der Waals surface area contributed by atoms with Crippen LogP contribution in [0.25, 0.3) is 10.9 Å². The number of para-hydroxylation sites is 1. The maximum Gasteiger partial charge on any atom is 0.192 e. The van der Waals surface area contributed by atoms with Crippen molar-refractivity contribution < 1.29 is 4.43 Å². The summed E-state index contributed by atoms with van der Waals surface area (Å²) in [5, 5.41) is 5.43. The van der Waals surface area contributed by atoms with Crippen LogP contribution in [0.15, 0.2) is 30.3 Å². The Balaban J connectivity index is 1.69. The minimum atomic E-state index is -1.72. The van der Waals surface area contributed by atoms with Gasteiger partial charge in [0.05, 0.1) is 6.10 Å². The molecular weight excluding hydrogens is 336 g/mol. The van der Waals surface area contributed by atoms with E-state index in [0.29, 0.717) is 12.1 Å². The average molecular weight is 373 g/mol. The van der Waals surface area contributed by atoms with Gasteiger partial charge in [0.15, 0.2) is 8.32 Å². The molecule has 0 radical (unpaired) electrons. The summed E-state index contributed by atoms with van der Waals surface area (Å²) in [6.07, 6.45) is 5.39. The highest BCUT2D eigenvalue weighted by molar-refractivity contribution is 6.74. The van der Waals surface area contributed by atoms with Gasteiger partial charge in [-0.2, -0.15) is 0 Å². The molecule has 1 fully saturated rings. The number of aromatic nitrogens is 1. The molecule has 2 atom stereocenters. The third-order valence-corrected chi connectivity index (χ3v) is 11.1. The van der Waals surface area contributed by atoms with Crippen molar-refractivity contribution in [1.82, 2.24) is 9.88 Å². The number of nitrogens with one attached hydrogen (secondary N) is 1. The normalized spacial score (nSPS) is 22.1. The fraction of sp³-hybridized carbons (Fsp3) is 0.636. The molecule has 3 rings (SSSR count). The molecule has 0 unspecified atom stereocenters. The molecule has 1 aliphatic carbocycles. The van der Waals surface area contributed by atoms with Crippen molar-refractivity contribution in [2.45, 2.75) is 83.3 Å². The molecular formula is C22H36N2OSi. The number of aryl methyl sites for hydroxylation is 1. The van der Waals surface area contributed by atoms with Crippen molar-refractivity contribution >= 4 is 19.2 Å². The molecule has 0 aliphatic heterocycles. The lowest BCUT2D eigenvalue weighted by atomic mass is 9.92. The highest BCUT2D eigenvalue weighted by atomic mass is 28.4. The molecule has 1 heterocycles. The van der Waals surface area contributed by atoms with E-state index in [2.05, 4.69) is 81.1 Å². The number of fused-ring (bicyclic) bond motifs is 1. The molecule has 1 aromatic carbocycles. The van der Waals surface area contributed by atoms with Gasteiger partial charge in [0, 0.05) is 30.8 Å². The van der Waals surface area contributed by atoms with E-state index in [1.54, 1.807) is 0 Å². The van der Waals surface area contributed by atoms with Crippen molar-refractivity contribution in [3.8, 4) is 0 Å². The van der Waals surface area contributed by atoms with Gasteiger partial charge in [-0.3, -0.25) is 0 Å². The summed E-state index contributed by atoms with van der Waals surface area (Å²) in [7, 11) is 0.446. The van der Waals surface area contributed by atoms with Gasteiger partial charge in [0.25, 0.3) is 0 Å². The molecule has 1 N–H and O–H groups in total. The Morgan fingerprint density at radius 3 is 2.54 bits per heavy atom. The number of nitrogens with zero attached hydrogens (tertiary/aromatic N) is 1. The van der Waals surface area contributed by atoms with Gasteiger partial charge in [-0.1, -0.05) is 51.8 Å². The van der Waals surface area contributed by atoms with E-state index in [4.69, 9.17) is 4.43 Å². The largest absolute Gasteiger partial charge is 0.412 e. The number of hydrogen-bond acceptors (Lipinski definition) is 2. The monoisotopic (exact) mass is 372 g/mol. The SMILES string of the molecule is Cn1c(CN[C@H]2CCCC[C@@H]2O[Si](C)(C)C(C)(C)C)cc2ccccc21. The zero-order valence-electron chi connectivity index (χ0n) is 17.4. The van der Waals surface area contributed by atoms with E-state index in [0.717, 1.165) is 6.54 Å². The molecule has 0 bridgehead atoms. The first-order chi connectivity index (χ1) is 12.2. The maximum atomic E-state index is 6.80. The lowest BCUT2D eigenvalue weighted by Gasteiger charge is -2.43. The molecule has 2 aromatic rings. The number of hydrogen-bond donors (Lipinski definition) is 1. The van der Waals surface area contributed by atoms with Crippen LogP contribution >= 0.6 is 0 Å². The Hall–Kier alpha value is -1.10. The summed E-state index contributed by atoms with van der Waals surface area (Å²) >= 11 is 0. The van der Waals surface area contributed by atoms with Crippen LogP contribution in [0.4, 0.5) is 0 Å². The Morgan fingerprint density at radius 1 is 1.15 bits per heavy atom. The molecule has 4 heteroatoms. The summed E-state index contributed by atoms with van der Waals surface area (Å²) < 4.78 is 9.12. The Morgan fingerprint density at radius 2 is 1.85 bits per heavy atom. The quantitative estimate of drug-likeness (QED) is 0.691. The minimum Gasteiger partial charge on any atom is -0.412 e. The van der Waals surface area contributed by atoms with Gasteiger partial charge < -0.3 is 14.3 Å². The number of rotatable bonds is 5. The van der Waals surface area contributed by atoms with Crippen molar-refractivity contribution in [2.75, 3.05) is 0 Å². The second-order valence-electron chi connectivity index (χ2n) is 9.44. The molecule has 1 saturated carbocycles. The van der Waals surface area contributed by atoms with Gasteiger partial charge in [-0.05, 0) is 48.5 Å². The van der Waals surface area contributed by atoms with E-state index in [1.165, 1.54) is 42.3 Å². The van der Waals surface area contributed by atoms with Gasteiger partial charge in [-0.15, -0.1) is 0 Å². The molecule has 144 valence electrons. The van der Waals surface area contributed by atoms with Gasteiger partial charge in [0.1, 0.15) is 0 Å². The van der Waals surface area contributed by atoms with Crippen molar-refractivity contribution in [1.29, 1.82) is 0 Å². The fourth-order valence-electron chi connectivity index (χ4n) is 3.78. The van der Waals surface area contributed by atoms with E-state index < -0.39 is 8.32 Å². The first-order valence-corrected chi connectivity index (χ1v) is 13.0. The van der Waals surface area contributed by atoms with E-state index in [-0.39, 0.29) is 5.04 Å². The van der Waals surface area contributed by atoms with Crippen molar-refractivity contribution in [3.63, 3.8) is 0 Å². The maximum absolute atomic E-state index is 6.80. The summed E-state index contributed by atoms with van der Waals surface area (Å²) in [6.45, 7) is 12.7. The smallest absolute Gasteiger partial charge is 0.192 e. The van der Waals surface area contributed by atoms with Crippen LogP contribution in [-0.2, 0) is 18.0 Å². The summed E-state index contributed by atoms with van der Waals surface area (Å²) in [4.78, 5) is 0. The van der Waals surface area contributed by atoms with Crippen LogP contribution < -0.4 is 5.32 Å². The van der Waals surface area contributed by atoms with Crippen molar-refractivity contribution in [2.24, 2.45) is 7.05 Å². The molecule has 1 aliphatic rings. The first-order valence-electron chi connectivity index (χ1n) is 10.1. The predicted molar refractivity (Wildman–Crippen MR) is 114 cm³/mol. The summed E-state index contributed by atoms with van der Waals surface area (Å²) in [5.74, 6) is 0. The predicted octanol–water partition coefficient (Wildman–Crippen LogP) is 5.60. The molecule has 0 spiro atoms. The fourth-order valence-corrected chi connectivity index (χ4v) is 5.17. The van der Waals surface area contributed by atoms with Crippen molar-refractivity contribution in [3.05, 3.63) is 36.0 Å². The van der Waals surface area contributed by atoms with E-state index in [9.17, 15) is 0 Å². The zero-order valence-corrected chi connectivity index (χ0v) is 18.4. The molecule has 1 aromatic heterocycles. The minimum absolute atomic E-state index is 0.269. The van der Waals surface area contributed by atoms with Crippen LogP contribution in [0.3, 0.4) is 0 Å². The standard InChI is InChI=1S/C22H36N2OSi/c1-22(2,3)26(5,6)25-21-14-10-8-12-19(21)23-16-18-15-17-11-7-9-13-20(17)24(18)4/h7,9,11,13,15,19,21,23H,8,10,12,14,16H2,1-6H3/t19-,21-/m0/s1. The molecule has 0 amide bonds. The Labute approximate surface area is 160 Å². The lowest BCUT2D eigenvalue weighted by molar-refractivity contribution is 0.0984. The highest BCUT2D eigenvalue weighted by Crippen LogP contribution is 2.39. The Kier molecular flexibility index (Phi) is 5.66. The Bertz CT molecular complexity index is 744.